The summed E-state index contributed by atoms with van der Waals surface area (Å²) in [5.74, 6) is 0.0446. The van der Waals surface area contributed by atoms with E-state index in [1.807, 2.05) is 18.2 Å². The summed E-state index contributed by atoms with van der Waals surface area (Å²) in [6.07, 6.45) is 3.80. The van der Waals surface area contributed by atoms with Gasteiger partial charge in [-0.05, 0) is 63.3 Å². The summed E-state index contributed by atoms with van der Waals surface area (Å²) in [6.45, 7) is 4.88. The molecule has 1 spiro atoms. The summed E-state index contributed by atoms with van der Waals surface area (Å²) in [5.41, 5.74) is 2.14. The Kier molecular flexibility index (Phi) is 5.31. The quantitative estimate of drug-likeness (QED) is 0.545. The van der Waals surface area contributed by atoms with Crippen molar-refractivity contribution in [2.75, 3.05) is 18.2 Å². The highest BCUT2D eigenvalue weighted by molar-refractivity contribution is 7.93. The molecule has 2 atom stereocenters. The van der Waals surface area contributed by atoms with Crippen LogP contribution >= 0.6 is 0 Å². The Morgan fingerprint density at radius 2 is 2.09 bits per heavy atom. The number of aryl methyl sites for hydroxylation is 1. The van der Waals surface area contributed by atoms with Gasteiger partial charge in [0.1, 0.15) is 16.6 Å². The molecule has 1 aromatic carbocycles. The van der Waals surface area contributed by atoms with Crippen LogP contribution in [0.15, 0.2) is 35.3 Å². The number of fused-ring (bicyclic) bond motifs is 2. The number of carbonyl (C=O) groups is 1. The number of benzene rings is 1. The van der Waals surface area contributed by atoms with Crippen LogP contribution in [-0.2, 0) is 31.3 Å². The van der Waals surface area contributed by atoms with Crippen LogP contribution in [0.1, 0.15) is 44.7 Å². The lowest BCUT2D eigenvalue weighted by molar-refractivity contribution is -0.116. The number of carbonyl (C=O) groups excluding carboxylic acids is 1. The van der Waals surface area contributed by atoms with Crippen LogP contribution in [0.5, 0.6) is 0 Å². The number of anilines is 1. The van der Waals surface area contributed by atoms with E-state index in [4.69, 9.17) is 10.1 Å². The molecule has 0 aromatic heterocycles. The maximum atomic E-state index is 13.1. The molecule has 1 unspecified atom stereocenters. The molecule has 1 fully saturated rings. The Labute approximate surface area is 188 Å². The van der Waals surface area contributed by atoms with Crippen LogP contribution < -0.4 is 16.0 Å². The standard InChI is InChI=1S/C22H29N5O4S/c1-13-18(24-11-17(25-13)31-4)19(28)26-15-8-7-14-6-5-9-22(16(14)10-15)12-32(29,30)21(2,3)20(23)27-22/h7-8,10-11,18,24H,5-6,9,12H2,1-4H3,(H2,23,27)(H,26,28)/t18?,22-/m0/s1. The molecule has 1 amide bonds. The molecule has 2 aliphatic heterocycles. The molecular weight excluding hydrogens is 430 g/mol. The van der Waals surface area contributed by atoms with E-state index < -0.39 is 26.2 Å². The Bertz CT molecular complexity index is 1150. The predicted molar refractivity (Wildman–Crippen MR) is 124 cm³/mol. The summed E-state index contributed by atoms with van der Waals surface area (Å²) < 4.78 is 30.0. The van der Waals surface area contributed by atoms with E-state index in [1.54, 1.807) is 27.0 Å². The van der Waals surface area contributed by atoms with Crippen molar-refractivity contribution in [3.63, 3.8) is 0 Å². The molecule has 10 heteroatoms. The van der Waals surface area contributed by atoms with Crippen LogP contribution in [0, 0.1) is 5.41 Å². The van der Waals surface area contributed by atoms with Crippen LogP contribution in [0.2, 0.25) is 0 Å². The van der Waals surface area contributed by atoms with Crippen LogP contribution in [0.4, 0.5) is 5.69 Å². The van der Waals surface area contributed by atoms with Gasteiger partial charge >= 0.3 is 0 Å². The Morgan fingerprint density at radius 3 is 2.75 bits per heavy atom. The molecule has 1 aliphatic carbocycles. The highest BCUT2D eigenvalue weighted by Gasteiger charge is 2.53. The SMILES string of the molecule is COC1=CNC(C(=O)Nc2ccc3c(c2)[C@]2(CCC3)CS(=O)(=O)C(C)(C)C(=N)N2)C(C)=N1. The van der Waals surface area contributed by atoms with E-state index in [9.17, 15) is 13.2 Å². The summed E-state index contributed by atoms with van der Waals surface area (Å²) in [6, 6.07) is 4.96. The van der Waals surface area contributed by atoms with Gasteiger partial charge in [0.25, 0.3) is 5.91 Å². The molecule has 9 nitrogen and oxygen atoms in total. The Hall–Kier alpha value is -2.88. The van der Waals surface area contributed by atoms with Crippen LogP contribution in [0.3, 0.4) is 0 Å². The molecule has 2 heterocycles. The number of amides is 1. The normalized spacial score (nSPS) is 27.9. The summed E-state index contributed by atoms with van der Waals surface area (Å²) in [5, 5.41) is 17.5. The van der Waals surface area contributed by atoms with Gasteiger partial charge in [-0.1, -0.05) is 6.07 Å². The zero-order valence-corrected chi connectivity index (χ0v) is 19.5. The lowest BCUT2D eigenvalue weighted by Gasteiger charge is -2.47. The van der Waals surface area contributed by atoms with Gasteiger partial charge in [-0.15, -0.1) is 0 Å². The number of hydrogen-bond donors (Lipinski definition) is 4. The monoisotopic (exact) mass is 459 g/mol. The lowest BCUT2D eigenvalue weighted by Crippen LogP contribution is -2.65. The number of nitrogens with zero attached hydrogens (tertiary/aromatic N) is 1. The third kappa shape index (κ3) is 3.56. The molecule has 1 aromatic rings. The third-order valence-corrected chi connectivity index (χ3v) is 9.30. The molecule has 4 rings (SSSR count). The van der Waals surface area contributed by atoms with E-state index in [1.165, 1.54) is 7.11 Å². The van der Waals surface area contributed by atoms with Gasteiger partial charge in [0.15, 0.2) is 9.84 Å². The number of methoxy groups -OCH3 is 1. The molecule has 172 valence electrons. The first-order valence-corrected chi connectivity index (χ1v) is 12.2. The summed E-state index contributed by atoms with van der Waals surface area (Å²) >= 11 is 0. The fourth-order valence-electron chi connectivity index (χ4n) is 4.53. The second-order valence-electron chi connectivity index (χ2n) is 9.11. The average molecular weight is 460 g/mol. The minimum Gasteiger partial charge on any atom is -0.480 e. The van der Waals surface area contributed by atoms with Crippen molar-refractivity contribution < 1.29 is 17.9 Å². The number of amidine groups is 1. The first-order chi connectivity index (χ1) is 15.0. The second kappa shape index (κ2) is 7.61. The predicted octanol–water partition coefficient (Wildman–Crippen LogP) is 1.81. The van der Waals surface area contributed by atoms with Gasteiger partial charge in [0.2, 0.25) is 5.88 Å². The molecule has 0 saturated carbocycles. The summed E-state index contributed by atoms with van der Waals surface area (Å²) in [4.78, 5) is 17.1. The van der Waals surface area contributed by atoms with E-state index in [0.29, 0.717) is 23.7 Å². The van der Waals surface area contributed by atoms with Crippen LogP contribution in [0.25, 0.3) is 0 Å². The average Bonchev–Trinajstić information content (AvgIpc) is 2.72. The number of nitrogens with one attached hydrogen (secondary N) is 4. The number of sulfone groups is 1. The highest BCUT2D eigenvalue weighted by atomic mass is 32.2. The largest absolute Gasteiger partial charge is 0.480 e. The maximum absolute atomic E-state index is 13.1. The number of aliphatic imine (C=N–C) groups is 1. The molecule has 32 heavy (non-hydrogen) atoms. The zero-order valence-electron chi connectivity index (χ0n) is 18.7. The Morgan fingerprint density at radius 1 is 1.34 bits per heavy atom. The molecule has 0 bridgehead atoms. The fraction of sp³-hybridized carbons (Fsp3) is 0.500. The van der Waals surface area contributed by atoms with Crippen molar-refractivity contribution in [1.29, 1.82) is 5.41 Å². The van der Waals surface area contributed by atoms with Crippen molar-refractivity contribution in [1.82, 2.24) is 10.6 Å². The summed E-state index contributed by atoms with van der Waals surface area (Å²) in [7, 11) is -2.04. The number of rotatable bonds is 3. The zero-order chi connectivity index (χ0) is 23.3. The van der Waals surface area contributed by atoms with Gasteiger partial charge in [-0.2, -0.15) is 0 Å². The van der Waals surface area contributed by atoms with E-state index in [-0.39, 0.29) is 17.5 Å². The number of ether oxygens (including phenoxy) is 1. The minimum absolute atomic E-state index is 0.00464. The lowest BCUT2D eigenvalue weighted by atomic mass is 9.76. The third-order valence-electron chi connectivity index (χ3n) is 6.67. The highest BCUT2D eigenvalue weighted by Crippen LogP contribution is 2.42. The first kappa shape index (κ1) is 22.3. The van der Waals surface area contributed by atoms with Gasteiger partial charge in [0, 0.05) is 5.69 Å². The topological polar surface area (TPSA) is 133 Å². The van der Waals surface area contributed by atoms with Crippen molar-refractivity contribution >= 4 is 33.0 Å². The fourth-order valence-corrected chi connectivity index (χ4v) is 6.27. The van der Waals surface area contributed by atoms with Crippen molar-refractivity contribution in [3.8, 4) is 0 Å². The molecule has 0 radical (unpaired) electrons. The van der Waals surface area contributed by atoms with Gasteiger partial charge in [-0.3, -0.25) is 10.2 Å². The van der Waals surface area contributed by atoms with E-state index in [2.05, 4.69) is 20.9 Å². The van der Waals surface area contributed by atoms with E-state index >= 15 is 0 Å². The number of hydrogen-bond acceptors (Lipinski definition) is 7. The Balaban J connectivity index is 1.63. The van der Waals surface area contributed by atoms with Crippen LogP contribution in [-0.4, -0.2) is 49.5 Å². The van der Waals surface area contributed by atoms with E-state index in [0.717, 1.165) is 24.0 Å². The maximum Gasteiger partial charge on any atom is 0.252 e. The van der Waals surface area contributed by atoms with Crippen molar-refractivity contribution in [2.45, 2.75) is 56.4 Å². The first-order valence-electron chi connectivity index (χ1n) is 10.6. The van der Waals surface area contributed by atoms with Gasteiger partial charge < -0.3 is 20.7 Å². The molecule has 4 N–H and O–H groups in total. The van der Waals surface area contributed by atoms with Gasteiger partial charge in [-0.25, -0.2) is 13.4 Å². The molecule has 1 saturated heterocycles. The smallest absolute Gasteiger partial charge is 0.252 e. The van der Waals surface area contributed by atoms with Gasteiger partial charge in [0.05, 0.1) is 30.3 Å². The van der Waals surface area contributed by atoms with Crippen molar-refractivity contribution in [2.24, 2.45) is 4.99 Å². The second-order valence-corrected chi connectivity index (χ2v) is 11.6. The van der Waals surface area contributed by atoms with Crippen molar-refractivity contribution in [3.05, 3.63) is 41.4 Å². The molecule has 3 aliphatic rings. The molecular formula is C22H29N5O4S. The minimum atomic E-state index is -3.55.